The zero-order valence-corrected chi connectivity index (χ0v) is 8.38. The Labute approximate surface area is 81.1 Å². The summed E-state index contributed by atoms with van der Waals surface area (Å²) in [5, 5.41) is 2.06. The van der Waals surface area contributed by atoms with Crippen LogP contribution in [0.25, 0.3) is 10.1 Å². The van der Waals surface area contributed by atoms with E-state index in [1.54, 1.807) is 12.1 Å². The van der Waals surface area contributed by atoms with Crippen LogP contribution < -0.4 is 5.73 Å². The van der Waals surface area contributed by atoms with Gasteiger partial charge in [-0.1, -0.05) is 15.9 Å². The molecule has 0 atom stereocenters. The molecule has 0 radical (unpaired) electrons. The first-order valence-corrected chi connectivity index (χ1v) is 4.97. The standard InChI is InChI=1S/C8H5BrFNS/c9-4-1-5-6(10)3-12-8(5)7(11)2-4/h1-3H,11H2. The van der Waals surface area contributed by atoms with E-state index in [9.17, 15) is 4.39 Å². The highest BCUT2D eigenvalue weighted by molar-refractivity contribution is 9.10. The monoisotopic (exact) mass is 245 g/mol. The third-order valence-corrected chi connectivity index (χ3v) is 3.09. The van der Waals surface area contributed by atoms with Crippen LogP contribution in [0.4, 0.5) is 10.1 Å². The number of nitrogen functional groups attached to an aromatic ring is 1. The molecule has 2 N–H and O–H groups in total. The van der Waals surface area contributed by atoms with Crippen molar-refractivity contribution < 1.29 is 4.39 Å². The Kier molecular flexibility index (Phi) is 1.81. The van der Waals surface area contributed by atoms with Gasteiger partial charge in [0.2, 0.25) is 0 Å². The summed E-state index contributed by atoms with van der Waals surface area (Å²) in [7, 11) is 0. The van der Waals surface area contributed by atoms with Crippen LogP contribution >= 0.6 is 27.3 Å². The number of anilines is 1. The van der Waals surface area contributed by atoms with E-state index in [1.165, 1.54) is 16.7 Å². The number of nitrogens with two attached hydrogens (primary N) is 1. The second kappa shape index (κ2) is 2.71. The lowest BCUT2D eigenvalue weighted by Crippen LogP contribution is -1.84. The largest absolute Gasteiger partial charge is 0.398 e. The Bertz CT molecular complexity index is 438. The summed E-state index contributed by atoms with van der Waals surface area (Å²) in [6.07, 6.45) is 0. The Balaban J connectivity index is 2.92. The van der Waals surface area contributed by atoms with Gasteiger partial charge in [-0.05, 0) is 12.1 Å². The fourth-order valence-corrected chi connectivity index (χ4v) is 2.40. The summed E-state index contributed by atoms with van der Waals surface area (Å²) in [6.45, 7) is 0. The van der Waals surface area contributed by atoms with E-state index in [0.29, 0.717) is 11.1 Å². The van der Waals surface area contributed by atoms with Crippen molar-refractivity contribution in [3.8, 4) is 0 Å². The molecule has 0 bridgehead atoms. The predicted molar refractivity (Wildman–Crippen MR) is 53.9 cm³/mol. The van der Waals surface area contributed by atoms with Crippen molar-refractivity contribution >= 4 is 43.0 Å². The van der Waals surface area contributed by atoms with Gasteiger partial charge < -0.3 is 5.73 Å². The maximum absolute atomic E-state index is 13.0. The van der Waals surface area contributed by atoms with Crippen molar-refractivity contribution in [1.82, 2.24) is 0 Å². The minimum Gasteiger partial charge on any atom is -0.398 e. The molecule has 0 fully saturated rings. The van der Waals surface area contributed by atoms with Crippen LogP contribution in [0.5, 0.6) is 0 Å². The number of rotatable bonds is 0. The Morgan fingerprint density at radius 2 is 2.17 bits per heavy atom. The third kappa shape index (κ3) is 1.11. The van der Waals surface area contributed by atoms with Crippen LogP contribution in [-0.4, -0.2) is 0 Å². The topological polar surface area (TPSA) is 26.0 Å². The minimum absolute atomic E-state index is 0.206. The van der Waals surface area contributed by atoms with Crippen LogP contribution in [0.15, 0.2) is 22.0 Å². The Morgan fingerprint density at radius 1 is 1.42 bits per heavy atom. The smallest absolute Gasteiger partial charge is 0.141 e. The van der Waals surface area contributed by atoms with Gasteiger partial charge in [0.15, 0.2) is 0 Å². The van der Waals surface area contributed by atoms with Gasteiger partial charge in [-0.2, -0.15) is 0 Å². The SMILES string of the molecule is Nc1cc(Br)cc2c(F)csc12. The van der Waals surface area contributed by atoms with Crippen LogP contribution in [0.1, 0.15) is 0 Å². The summed E-state index contributed by atoms with van der Waals surface area (Å²) in [4.78, 5) is 0. The molecule has 0 saturated carbocycles. The fraction of sp³-hybridized carbons (Fsp3) is 0. The lowest BCUT2D eigenvalue weighted by Gasteiger charge is -1.96. The summed E-state index contributed by atoms with van der Waals surface area (Å²) in [5.74, 6) is -0.206. The van der Waals surface area contributed by atoms with E-state index in [1.807, 2.05) is 0 Å². The Hall–Kier alpha value is -0.610. The van der Waals surface area contributed by atoms with Gasteiger partial charge in [0, 0.05) is 15.2 Å². The number of hydrogen-bond donors (Lipinski definition) is 1. The van der Waals surface area contributed by atoms with Gasteiger partial charge in [-0.3, -0.25) is 0 Å². The molecule has 0 spiro atoms. The highest BCUT2D eigenvalue weighted by Crippen LogP contribution is 2.32. The summed E-state index contributed by atoms with van der Waals surface area (Å²) in [5.41, 5.74) is 6.30. The summed E-state index contributed by atoms with van der Waals surface area (Å²) in [6, 6.07) is 3.51. The van der Waals surface area contributed by atoms with Crippen molar-refractivity contribution in [3.63, 3.8) is 0 Å². The van der Waals surface area contributed by atoms with E-state index in [2.05, 4.69) is 15.9 Å². The first-order chi connectivity index (χ1) is 5.68. The third-order valence-electron chi connectivity index (χ3n) is 1.62. The number of thiophene rings is 1. The molecular weight excluding hydrogens is 241 g/mol. The first kappa shape index (κ1) is 8.01. The second-order valence-electron chi connectivity index (χ2n) is 2.46. The predicted octanol–water partition coefficient (Wildman–Crippen LogP) is 3.39. The van der Waals surface area contributed by atoms with Crippen molar-refractivity contribution in [3.05, 3.63) is 27.8 Å². The van der Waals surface area contributed by atoms with E-state index in [4.69, 9.17) is 5.73 Å². The van der Waals surface area contributed by atoms with Crippen LogP contribution in [-0.2, 0) is 0 Å². The zero-order chi connectivity index (χ0) is 8.72. The summed E-state index contributed by atoms with van der Waals surface area (Å²) < 4.78 is 14.7. The van der Waals surface area contributed by atoms with E-state index in [-0.39, 0.29) is 5.82 Å². The Morgan fingerprint density at radius 3 is 2.92 bits per heavy atom. The molecule has 1 nitrogen and oxygen atoms in total. The van der Waals surface area contributed by atoms with E-state index >= 15 is 0 Å². The average Bonchev–Trinajstić information content (AvgIpc) is 2.33. The minimum atomic E-state index is -0.206. The van der Waals surface area contributed by atoms with Gasteiger partial charge in [0.1, 0.15) is 5.82 Å². The first-order valence-electron chi connectivity index (χ1n) is 3.30. The van der Waals surface area contributed by atoms with Crippen LogP contribution in [0, 0.1) is 5.82 Å². The number of hydrogen-bond acceptors (Lipinski definition) is 2. The highest BCUT2D eigenvalue weighted by Gasteiger charge is 2.06. The number of benzene rings is 1. The lowest BCUT2D eigenvalue weighted by atomic mass is 10.2. The number of halogens is 2. The van der Waals surface area contributed by atoms with Gasteiger partial charge in [0.25, 0.3) is 0 Å². The van der Waals surface area contributed by atoms with Gasteiger partial charge in [0.05, 0.1) is 10.4 Å². The number of fused-ring (bicyclic) bond motifs is 1. The maximum atomic E-state index is 13.0. The molecule has 2 aromatic rings. The van der Waals surface area contributed by atoms with E-state index in [0.717, 1.165) is 9.17 Å². The molecule has 0 unspecified atom stereocenters. The van der Waals surface area contributed by atoms with Crippen LogP contribution in [0.2, 0.25) is 0 Å². The molecule has 4 heteroatoms. The molecule has 12 heavy (non-hydrogen) atoms. The lowest BCUT2D eigenvalue weighted by molar-refractivity contribution is 0.644. The normalized spacial score (nSPS) is 10.8. The zero-order valence-electron chi connectivity index (χ0n) is 5.97. The highest BCUT2D eigenvalue weighted by atomic mass is 79.9. The second-order valence-corrected chi connectivity index (χ2v) is 4.25. The molecule has 1 aromatic heterocycles. The molecule has 0 aliphatic heterocycles. The van der Waals surface area contributed by atoms with E-state index < -0.39 is 0 Å². The molecule has 1 aromatic carbocycles. The average molecular weight is 246 g/mol. The van der Waals surface area contributed by atoms with Crippen molar-refractivity contribution in [2.75, 3.05) is 5.73 Å². The summed E-state index contributed by atoms with van der Waals surface area (Å²) >= 11 is 4.59. The maximum Gasteiger partial charge on any atom is 0.141 e. The molecule has 0 aliphatic rings. The van der Waals surface area contributed by atoms with Crippen molar-refractivity contribution in [2.45, 2.75) is 0 Å². The van der Waals surface area contributed by atoms with Gasteiger partial charge in [-0.25, -0.2) is 4.39 Å². The van der Waals surface area contributed by atoms with Gasteiger partial charge >= 0.3 is 0 Å². The fourth-order valence-electron chi connectivity index (χ4n) is 1.10. The quantitative estimate of drug-likeness (QED) is 0.708. The van der Waals surface area contributed by atoms with Crippen LogP contribution in [0.3, 0.4) is 0 Å². The molecule has 2 rings (SSSR count). The molecule has 62 valence electrons. The van der Waals surface area contributed by atoms with Gasteiger partial charge in [-0.15, -0.1) is 11.3 Å². The molecular formula is C8H5BrFNS. The molecule has 0 saturated heterocycles. The molecule has 0 aliphatic carbocycles. The molecule has 0 amide bonds. The van der Waals surface area contributed by atoms with Crippen molar-refractivity contribution in [2.24, 2.45) is 0 Å². The molecule has 1 heterocycles. The van der Waals surface area contributed by atoms with Crippen molar-refractivity contribution in [1.29, 1.82) is 0 Å².